The first-order chi connectivity index (χ1) is 16.0. The third-order valence-electron chi connectivity index (χ3n) is 4.88. The summed E-state index contributed by atoms with van der Waals surface area (Å²) in [4.78, 5) is 9.85. The van der Waals surface area contributed by atoms with Gasteiger partial charge in [-0.25, -0.2) is 13.8 Å². The van der Waals surface area contributed by atoms with Crippen LogP contribution in [0.15, 0.2) is 52.5 Å². The number of aromatic nitrogens is 2. The van der Waals surface area contributed by atoms with Crippen LogP contribution in [0.1, 0.15) is 23.6 Å². The summed E-state index contributed by atoms with van der Waals surface area (Å²) in [6, 6.07) is 12.1. The van der Waals surface area contributed by atoms with Gasteiger partial charge in [-0.3, -0.25) is 0 Å². The van der Waals surface area contributed by atoms with Crippen molar-refractivity contribution >= 4 is 29.5 Å². The molecule has 2 heterocycles. The molecule has 33 heavy (non-hydrogen) atoms. The monoisotopic (exact) mass is 490 g/mol. The highest BCUT2D eigenvalue weighted by Crippen LogP contribution is 2.29. The van der Waals surface area contributed by atoms with Crippen molar-refractivity contribution in [2.45, 2.75) is 41.8 Å². The number of halogens is 2. The van der Waals surface area contributed by atoms with E-state index in [2.05, 4.69) is 38.2 Å². The number of anilines is 1. The van der Waals surface area contributed by atoms with Gasteiger partial charge in [-0.1, -0.05) is 30.0 Å². The van der Waals surface area contributed by atoms with Crippen LogP contribution < -0.4 is 14.8 Å². The number of thioether (sulfide) groups is 1. The second kappa shape index (κ2) is 11.1. The maximum Gasteiger partial charge on any atom is 0.219 e. The average molecular weight is 491 g/mol. The fourth-order valence-electron chi connectivity index (χ4n) is 3.23. The summed E-state index contributed by atoms with van der Waals surface area (Å²) in [5.74, 6) is -0.808. The van der Waals surface area contributed by atoms with Crippen molar-refractivity contribution in [3.63, 3.8) is 0 Å². The first kappa shape index (κ1) is 23.7. The SMILES string of the molecule is C[C@@H](O)COc1cc(NSc2ccc3c(c2)CNCC3)nc(SCc2cccc(F)c2F)n1. The van der Waals surface area contributed by atoms with Crippen molar-refractivity contribution in [2.75, 3.05) is 17.9 Å². The first-order valence-electron chi connectivity index (χ1n) is 10.5. The molecule has 6 nitrogen and oxygen atoms in total. The van der Waals surface area contributed by atoms with Gasteiger partial charge in [-0.15, -0.1) is 0 Å². The van der Waals surface area contributed by atoms with Crippen LogP contribution in [-0.4, -0.2) is 34.3 Å². The number of rotatable bonds is 9. The molecule has 3 N–H and O–H groups in total. The normalized spacial score (nSPS) is 13.9. The summed E-state index contributed by atoms with van der Waals surface area (Å²) in [5, 5.41) is 13.3. The fourth-order valence-corrected chi connectivity index (χ4v) is 4.72. The number of hydrogen-bond acceptors (Lipinski definition) is 8. The highest BCUT2D eigenvalue weighted by molar-refractivity contribution is 8.00. The molecule has 1 atom stereocenters. The summed E-state index contributed by atoms with van der Waals surface area (Å²) in [5.41, 5.74) is 2.87. The van der Waals surface area contributed by atoms with E-state index in [1.165, 1.54) is 47.0 Å². The molecule has 0 fully saturated rings. The van der Waals surface area contributed by atoms with Gasteiger partial charge in [0.05, 0.1) is 6.10 Å². The maximum atomic E-state index is 14.0. The predicted octanol–water partition coefficient (Wildman–Crippen LogP) is 4.57. The number of ether oxygens (including phenoxy) is 1. The van der Waals surface area contributed by atoms with Crippen molar-refractivity contribution in [2.24, 2.45) is 0 Å². The molecule has 2 aromatic carbocycles. The van der Waals surface area contributed by atoms with Crippen LogP contribution in [0.2, 0.25) is 0 Å². The Morgan fingerprint density at radius 1 is 1.18 bits per heavy atom. The number of aliphatic hydroxyl groups is 1. The third kappa shape index (κ3) is 6.57. The summed E-state index contributed by atoms with van der Waals surface area (Å²) in [6.45, 7) is 3.54. The lowest BCUT2D eigenvalue weighted by Crippen LogP contribution is -2.23. The smallest absolute Gasteiger partial charge is 0.219 e. The molecule has 174 valence electrons. The van der Waals surface area contributed by atoms with E-state index in [1.54, 1.807) is 13.0 Å². The van der Waals surface area contributed by atoms with Gasteiger partial charge in [0.15, 0.2) is 16.8 Å². The molecule has 3 aromatic rings. The zero-order chi connectivity index (χ0) is 23.2. The Kier molecular flexibility index (Phi) is 8.02. The van der Waals surface area contributed by atoms with Crippen molar-refractivity contribution in [3.8, 4) is 5.88 Å². The Labute approximate surface area is 199 Å². The Morgan fingerprint density at radius 3 is 2.91 bits per heavy atom. The van der Waals surface area contributed by atoms with Gasteiger partial charge in [-0.2, -0.15) is 4.98 Å². The molecule has 0 saturated carbocycles. The van der Waals surface area contributed by atoms with Gasteiger partial charge < -0.3 is 19.9 Å². The van der Waals surface area contributed by atoms with Gasteiger partial charge >= 0.3 is 0 Å². The molecule has 1 aliphatic heterocycles. The van der Waals surface area contributed by atoms with Crippen LogP contribution in [-0.2, 0) is 18.7 Å². The minimum atomic E-state index is -0.887. The molecule has 0 unspecified atom stereocenters. The van der Waals surface area contributed by atoms with E-state index in [9.17, 15) is 13.9 Å². The molecular formula is C23H24F2N4O2S2. The lowest BCUT2D eigenvalue weighted by atomic mass is 10.0. The Bertz CT molecular complexity index is 1120. The third-order valence-corrected chi connectivity index (χ3v) is 6.58. The lowest BCUT2D eigenvalue weighted by molar-refractivity contribution is 0.119. The first-order valence-corrected chi connectivity index (χ1v) is 12.3. The molecule has 10 heteroatoms. The van der Waals surface area contributed by atoms with Crippen LogP contribution in [0, 0.1) is 11.6 Å². The van der Waals surface area contributed by atoms with Crippen LogP contribution in [0.5, 0.6) is 5.88 Å². The summed E-state index contributed by atoms with van der Waals surface area (Å²) in [7, 11) is 0. The molecule has 0 aliphatic carbocycles. The van der Waals surface area contributed by atoms with E-state index in [4.69, 9.17) is 4.74 Å². The van der Waals surface area contributed by atoms with Gasteiger partial charge in [0.1, 0.15) is 12.4 Å². The number of hydrogen-bond donors (Lipinski definition) is 3. The van der Waals surface area contributed by atoms with E-state index >= 15 is 0 Å². The minimum absolute atomic E-state index is 0.0735. The van der Waals surface area contributed by atoms with E-state index in [-0.39, 0.29) is 23.8 Å². The van der Waals surface area contributed by atoms with Crippen molar-refractivity contribution < 1.29 is 18.6 Å². The second-order valence-electron chi connectivity index (χ2n) is 7.60. The molecule has 0 saturated heterocycles. The Hall–Kier alpha value is -2.40. The van der Waals surface area contributed by atoms with Crippen LogP contribution >= 0.6 is 23.7 Å². The van der Waals surface area contributed by atoms with Crippen LogP contribution in [0.25, 0.3) is 0 Å². The molecule has 1 aliphatic rings. The maximum absolute atomic E-state index is 14.0. The number of aliphatic hydroxyl groups excluding tert-OH is 1. The molecule has 0 radical (unpaired) electrons. The van der Waals surface area contributed by atoms with Gasteiger partial charge in [-0.05, 0) is 61.2 Å². The molecule has 1 aromatic heterocycles. The van der Waals surface area contributed by atoms with Gasteiger partial charge in [0.2, 0.25) is 5.88 Å². The molecular weight excluding hydrogens is 466 g/mol. The Morgan fingerprint density at radius 2 is 2.06 bits per heavy atom. The van der Waals surface area contributed by atoms with Crippen molar-refractivity contribution in [3.05, 3.63) is 70.8 Å². The highest BCUT2D eigenvalue weighted by Gasteiger charge is 2.13. The molecule has 0 bridgehead atoms. The standard InChI is InChI=1S/C23H24F2N4O2S2/c1-14(30)12-31-21-10-20(29-33-18-6-5-15-7-8-26-11-17(15)9-18)27-23(28-21)32-13-16-3-2-4-19(24)22(16)25/h2-6,9-10,14,26,30H,7-8,11-13H2,1H3,(H,27,28,29)/t14-/m1/s1. The lowest BCUT2D eigenvalue weighted by Gasteiger charge is -2.17. The number of nitrogens with zero attached hydrogens (tertiary/aromatic N) is 2. The largest absolute Gasteiger partial charge is 0.475 e. The van der Waals surface area contributed by atoms with Gasteiger partial charge in [0.25, 0.3) is 0 Å². The van der Waals surface area contributed by atoms with Crippen molar-refractivity contribution in [1.82, 2.24) is 15.3 Å². The molecule has 4 rings (SSSR count). The quantitative estimate of drug-likeness (QED) is 0.229. The van der Waals surface area contributed by atoms with Crippen LogP contribution in [0.4, 0.5) is 14.6 Å². The second-order valence-corrected chi connectivity index (χ2v) is 9.42. The van der Waals surface area contributed by atoms with E-state index in [0.29, 0.717) is 11.0 Å². The topological polar surface area (TPSA) is 79.3 Å². The predicted molar refractivity (Wildman–Crippen MR) is 126 cm³/mol. The van der Waals surface area contributed by atoms with Gasteiger partial charge in [0, 0.05) is 28.8 Å². The summed E-state index contributed by atoms with van der Waals surface area (Å²) >= 11 is 2.59. The molecule has 0 amide bonds. The zero-order valence-electron chi connectivity index (χ0n) is 18.0. The fraction of sp³-hybridized carbons (Fsp3) is 0.304. The zero-order valence-corrected chi connectivity index (χ0v) is 19.6. The summed E-state index contributed by atoms with van der Waals surface area (Å²) in [6.07, 6.45) is 0.364. The highest BCUT2D eigenvalue weighted by atomic mass is 32.2. The van der Waals surface area contributed by atoms with E-state index in [0.717, 1.165) is 30.5 Å². The average Bonchev–Trinajstić information content (AvgIpc) is 2.82. The number of nitrogens with one attached hydrogen (secondary N) is 2. The van der Waals surface area contributed by atoms with Crippen molar-refractivity contribution in [1.29, 1.82) is 0 Å². The minimum Gasteiger partial charge on any atom is -0.475 e. The van der Waals surface area contributed by atoms with E-state index in [1.807, 2.05) is 0 Å². The summed E-state index contributed by atoms with van der Waals surface area (Å²) < 4.78 is 36.3. The number of benzene rings is 2. The Balaban J connectivity index is 1.48. The molecule has 0 spiro atoms. The van der Waals surface area contributed by atoms with E-state index < -0.39 is 17.7 Å². The number of fused-ring (bicyclic) bond motifs is 1. The van der Waals surface area contributed by atoms with Crippen LogP contribution in [0.3, 0.4) is 0 Å².